The van der Waals surface area contributed by atoms with E-state index in [1.807, 2.05) is 18.2 Å². The van der Waals surface area contributed by atoms with E-state index in [-0.39, 0.29) is 76.0 Å². The van der Waals surface area contributed by atoms with Crippen LogP contribution in [-0.2, 0) is 64.1 Å². The number of methoxy groups -OCH3 is 4. The number of hydrogen-bond acceptors (Lipinski definition) is 20. The van der Waals surface area contributed by atoms with E-state index >= 15 is 0 Å². The predicted octanol–water partition coefficient (Wildman–Crippen LogP) is 10.8. The van der Waals surface area contributed by atoms with Crippen molar-refractivity contribution < 1.29 is 63.2 Å². The summed E-state index contributed by atoms with van der Waals surface area (Å²) in [6, 6.07) is 43.0. The number of ether oxygens (including phenoxy) is 4. The number of carbonyl (C=O) groups excluding carboxylic acids is 2. The van der Waals surface area contributed by atoms with Gasteiger partial charge in [0.05, 0.1) is 74.7 Å². The molecule has 0 saturated carbocycles. The molecule has 0 bridgehead atoms. The quantitative estimate of drug-likeness (QED) is 0.0362. The Morgan fingerprint density at radius 1 is 0.558 bits per heavy atom. The van der Waals surface area contributed by atoms with Crippen LogP contribution in [0.1, 0.15) is 61.7 Å². The summed E-state index contributed by atoms with van der Waals surface area (Å²) in [6.07, 6.45) is 7.15. The number of aryl methyl sites for hydroxylation is 2. The number of halogens is 3. The number of nitrogens with one attached hydrogen (secondary N) is 1. The Kier molecular flexibility index (Phi) is 24.9. The lowest BCUT2D eigenvalue weighted by Gasteiger charge is -2.14. The molecule has 5 aromatic heterocycles. The number of unbranched alkanes of at least 4 members (excludes halogenated alkanes) is 2. The van der Waals surface area contributed by atoms with Crippen molar-refractivity contribution in [2.45, 2.75) is 74.2 Å². The second-order valence-electron chi connectivity index (χ2n) is 20.5. The topological polar surface area (TPSA) is 312 Å². The first-order valence-corrected chi connectivity index (χ1v) is 33.0. The first-order valence-electron chi connectivity index (χ1n) is 29.2. The van der Waals surface area contributed by atoms with Gasteiger partial charge in [-0.25, -0.2) is 40.3 Å². The van der Waals surface area contributed by atoms with Crippen LogP contribution in [0.25, 0.3) is 55.7 Å². The molecule has 0 aliphatic rings. The van der Waals surface area contributed by atoms with Crippen molar-refractivity contribution in [3.8, 4) is 45.4 Å². The smallest absolute Gasteiger partial charge is 0.305 e. The van der Waals surface area contributed by atoms with Crippen molar-refractivity contribution in [3.63, 3.8) is 0 Å². The molecule has 0 saturated heterocycles. The second-order valence-corrected chi connectivity index (χ2v) is 24.7. The summed E-state index contributed by atoms with van der Waals surface area (Å²) in [4.78, 5) is 63.4. The molecular formula is C67H64ClF2N9O14S2. The lowest BCUT2D eigenvalue weighted by atomic mass is 10.1. The Balaban J connectivity index is 0.000000196. The van der Waals surface area contributed by atoms with Gasteiger partial charge in [-0.05, 0) is 135 Å². The maximum atomic E-state index is 13.7. The molecule has 0 spiro atoms. The molecule has 23 nitrogen and oxygen atoms in total. The molecular weight excluding hydrogens is 1290 g/mol. The fourth-order valence-electron chi connectivity index (χ4n) is 9.43. The molecule has 95 heavy (non-hydrogen) atoms. The molecule has 0 atom stereocenters. The lowest BCUT2D eigenvalue weighted by Crippen LogP contribution is -2.24. The average molecular weight is 1360 g/mol. The molecule has 5 heterocycles. The summed E-state index contributed by atoms with van der Waals surface area (Å²) in [5.74, 6) is 0.819. The van der Waals surface area contributed by atoms with E-state index in [4.69, 9.17) is 49.6 Å². The number of nitrogens with two attached hydrogens (primary N) is 1. The first kappa shape index (κ1) is 70.5. The van der Waals surface area contributed by atoms with Crippen molar-refractivity contribution >= 4 is 63.5 Å². The number of para-hydroxylation sites is 2. The third-order valence-electron chi connectivity index (χ3n) is 14.2. The molecule has 0 amide bonds. The number of aromatic nitrogens is 7. The van der Waals surface area contributed by atoms with Crippen LogP contribution in [0.5, 0.6) is 11.5 Å². The van der Waals surface area contributed by atoms with Crippen LogP contribution in [0.15, 0.2) is 205 Å². The van der Waals surface area contributed by atoms with Gasteiger partial charge >= 0.3 is 11.9 Å². The van der Waals surface area contributed by atoms with Gasteiger partial charge in [0.15, 0.2) is 11.5 Å². The van der Waals surface area contributed by atoms with Crippen LogP contribution in [0, 0.1) is 11.6 Å². The number of sulfonamides is 1. The number of pyridine rings is 1. The van der Waals surface area contributed by atoms with E-state index in [2.05, 4.69) is 24.8 Å². The zero-order valence-corrected chi connectivity index (χ0v) is 54.1. The molecule has 0 unspecified atom stereocenters. The van der Waals surface area contributed by atoms with Gasteiger partial charge in [0.1, 0.15) is 56.0 Å². The highest BCUT2D eigenvalue weighted by Gasteiger charge is 2.22. The Morgan fingerprint density at radius 3 is 1.40 bits per heavy atom. The van der Waals surface area contributed by atoms with E-state index in [1.54, 1.807) is 103 Å². The Labute approximate surface area is 548 Å². The number of hydrogen-bond donors (Lipinski definition) is 2. The molecule has 11 rings (SSSR count). The van der Waals surface area contributed by atoms with Crippen molar-refractivity contribution in [1.82, 2.24) is 39.1 Å². The summed E-state index contributed by atoms with van der Waals surface area (Å²) in [5.41, 5.74) is 9.28. The van der Waals surface area contributed by atoms with Gasteiger partial charge in [0, 0.05) is 72.0 Å². The molecule has 0 fully saturated rings. The summed E-state index contributed by atoms with van der Waals surface area (Å²) in [5, 5.41) is 8.86. The molecule has 0 aliphatic heterocycles. The minimum absolute atomic E-state index is 0.00441. The second kappa shape index (κ2) is 33.5. The highest BCUT2D eigenvalue weighted by atomic mass is 35.7. The summed E-state index contributed by atoms with van der Waals surface area (Å²) in [6.45, 7) is 0.0776. The maximum Gasteiger partial charge on any atom is 0.305 e. The van der Waals surface area contributed by atoms with Gasteiger partial charge in [0.25, 0.3) is 20.2 Å². The van der Waals surface area contributed by atoms with Crippen molar-refractivity contribution in [2.24, 2.45) is 5.73 Å². The van der Waals surface area contributed by atoms with E-state index < -0.39 is 30.7 Å². The predicted molar refractivity (Wildman–Crippen MR) is 350 cm³/mol. The molecule has 6 aromatic carbocycles. The van der Waals surface area contributed by atoms with Crippen LogP contribution in [0.3, 0.4) is 0 Å². The van der Waals surface area contributed by atoms with Crippen LogP contribution >= 0.6 is 10.7 Å². The van der Waals surface area contributed by atoms with E-state index in [9.17, 15) is 44.8 Å². The van der Waals surface area contributed by atoms with Gasteiger partial charge in [-0.3, -0.25) is 33.3 Å². The van der Waals surface area contributed by atoms with E-state index in [0.29, 0.717) is 106 Å². The number of nitrogens with zero attached hydrogens (tertiary/aromatic N) is 7. The molecule has 0 radical (unpaired) electrons. The maximum absolute atomic E-state index is 13.7. The van der Waals surface area contributed by atoms with Crippen molar-refractivity contribution in [1.29, 1.82) is 0 Å². The normalized spacial score (nSPS) is 11.1. The Hall–Kier alpha value is -10.3. The minimum Gasteiger partial charge on any atom is -0.495 e. The number of esters is 2. The highest BCUT2D eigenvalue weighted by molar-refractivity contribution is 8.13. The summed E-state index contributed by atoms with van der Waals surface area (Å²) < 4.78 is 110. The molecule has 494 valence electrons. The fourth-order valence-corrected chi connectivity index (χ4v) is 11.6. The molecule has 3 N–H and O–H groups in total. The first-order chi connectivity index (χ1) is 45.7. The molecule has 0 aliphatic carbocycles. The number of rotatable bonds is 22. The molecule has 28 heteroatoms. The Morgan fingerprint density at radius 2 is 1.00 bits per heavy atom. The standard InChI is InChI=1S/C31H29FN4O7S.C24H23FN4O4.C7H7ClO3S.C5H5N/c1-41-27-7-3-4-8-28(27)44(39,40)33-19-23-18-25(35-43-23)20-11-16-24-26(17-20)34-29(9-5-6-10-30(37)42-2)36(31(24)38)22-14-12-21(32)13-15-22;1-32-23(30)5-3-2-4-22-27-21-12-15(20-13-18(14-26)33-28-20)6-11-19(21)24(31)29(22)17-9-7-16(25)8-10-17;1-11-6-4-2-3-5-7(6)12(8,9)10;1-2-4-6-5-3-1/h3-4,7-8,11-18,33H,5-6,9-10,19H2,1-2H3;6-13H,2-5,14,26H2,1H3;2-5H,1H3;1-5H. The highest BCUT2D eigenvalue weighted by Crippen LogP contribution is 2.29. The monoisotopic (exact) mass is 1360 g/mol. The summed E-state index contributed by atoms with van der Waals surface area (Å²) in [7, 11) is 3.00. The third-order valence-corrected chi connectivity index (χ3v) is 17.0. The van der Waals surface area contributed by atoms with Gasteiger partial charge in [-0.15, -0.1) is 0 Å². The zero-order valence-electron chi connectivity index (χ0n) is 51.7. The van der Waals surface area contributed by atoms with Gasteiger partial charge in [-0.2, -0.15) is 0 Å². The summed E-state index contributed by atoms with van der Waals surface area (Å²) >= 11 is 0. The third kappa shape index (κ3) is 18.9. The van der Waals surface area contributed by atoms with Gasteiger partial charge in [-0.1, -0.05) is 52.8 Å². The average Bonchev–Trinajstić information content (AvgIpc) is 1.51. The van der Waals surface area contributed by atoms with Crippen LogP contribution in [-0.4, -0.2) is 91.6 Å². The molecule has 11 aromatic rings. The van der Waals surface area contributed by atoms with E-state index in [1.165, 1.54) is 92.2 Å². The van der Waals surface area contributed by atoms with Crippen LogP contribution in [0.2, 0.25) is 0 Å². The van der Waals surface area contributed by atoms with Crippen molar-refractivity contribution in [2.75, 3.05) is 28.4 Å². The SMILES string of the molecule is COC(=O)CCCCc1nc2cc(-c3cc(CN)on3)ccc2c(=O)n1-c1ccc(F)cc1.COC(=O)CCCCc1nc2cc(-c3cc(CNS(=O)(=O)c4ccccc4OC)on3)ccc2c(=O)n1-c1ccc(F)cc1.COc1ccccc1S(=O)(=O)Cl.c1ccncc1. The van der Waals surface area contributed by atoms with Crippen LogP contribution < -0.4 is 31.0 Å². The Bertz CT molecular complexity index is 4760. The van der Waals surface area contributed by atoms with Gasteiger partial charge < -0.3 is 33.7 Å². The van der Waals surface area contributed by atoms with Crippen LogP contribution in [0.4, 0.5) is 8.78 Å². The number of fused-ring (bicyclic) bond motifs is 2. The minimum atomic E-state index is -3.90. The zero-order chi connectivity index (χ0) is 68.1. The largest absolute Gasteiger partial charge is 0.495 e. The number of carbonyl (C=O) groups is 2. The number of benzene rings is 6. The van der Waals surface area contributed by atoms with E-state index in [0.717, 1.165) is 5.56 Å². The van der Waals surface area contributed by atoms with Gasteiger partial charge in [0.2, 0.25) is 10.0 Å². The lowest BCUT2D eigenvalue weighted by molar-refractivity contribution is -0.141. The fraction of sp³-hybridized carbons (Fsp3) is 0.209. The van der Waals surface area contributed by atoms with Crippen molar-refractivity contribution in [3.05, 3.63) is 232 Å².